The first-order valence-electron chi connectivity index (χ1n) is 11.7. The Labute approximate surface area is 215 Å². The van der Waals surface area contributed by atoms with Crippen molar-refractivity contribution in [3.63, 3.8) is 0 Å². The number of nitrogens with zero attached hydrogens (tertiary/aromatic N) is 3. The van der Waals surface area contributed by atoms with Gasteiger partial charge in [0.05, 0.1) is 12.2 Å². The molecule has 3 amide bonds. The van der Waals surface area contributed by atoms with Gasteiger partial charge in [0.1, 0.15) is 17.5 Å². The molecule has 1 fully saturated rings. The van der Waals surface area contributed by atoms with Crippen LogP contribution in [0.3, 0.4) is 0 Å². The molecule has 2 aromatic carbocycles. The molecule has 0 aliphatic carbocycles. The highest BCUT2D eigenvalue weighted by molar-refractivity contribution is 6.30. The fourth-order valence-corrected chi connectivity index (χ4v) is 4.00. The summed E-state index contributed by atoms with van der Waals surface area (Å²) < 4.78 is 13.6. The summed E-state index contributed by atoms with van der Waals surface area (Å²) in [4.78, 5) is 26.6. The van der Waals surface area contributed by atoms with Gasteiger partial charge < -0.3 is 25.0 Å². The van der Waals surface area contributed by atoms with Gasteiger partial charge in [0.25, 0.3) is 0 Å². The van der Waals surface area contributed by atoms with Crippen molar-refractivity contribution >= 4 is 35.1 Å². The topological polar surface area (TPSA) is 97.7 Å². The number of anilines is 2. The number of aromatic nitrogens is 2. The standard InChI is InChI=1S/C26H30ClN5O4/c1-26(2,3)36-25(34)32-14-12-20(16-32)35-23-10-9-19(15-21(23)22-11-13-28-31(22)4)30-24(33)29-18-7-5-17(27)6-8-18/h5-11,13,15,20H,12,14,16H2,1-4H3,(H2,29,30,33)/t20-/m0/s1. The summed E-state index contributed by atoms with van der Waals surface area (Å²) in [6.45, 7) is 6.54. The van der Waals surface area contributed by atoms with Gasteiger partial charge in [-0.1, -0.05) is 11.6 Å². The SMILES string of the molecule is Cn1nccc1-c1cc(NC(=O)Nc2ccc(Cl)cc2)ccc1O[C@H]1CCN(C(=O)OC(C)(C)C)C1. The average Bonchev–Trinajstić information content (AvgIpc) is 3.44. The molecule has 2 N–H and O–H groups in total. The monoisotopic (exact) mass is 511 g/mol. The number of hydrogen-bond donors (Lipinski definition) is 2. The number of halogens is 1. The zero-order valence-corrected chi connectivity index (χ0v) is 21.5. The Balaban J connectivity index is 1.48. The molecule has 0 spiro atoms. The number of aryl methyl sites for hydroxylation is 1. The van der Waals surface area contributed by atoms with Gasteiger partial charge in [0, 0.05) is 48.2 Å². The number of rotatable bonds is 5. The van der Waals surface area contributed by atoms with E-state index >= 15 is 0 Å². The Bertz CT molecular complexity index is 1240. The molecule has 1 aliphatic heterocycles. The maximum atomic E-state index is 12.5. The van der Waals surface area contributed by atoms with E-state index < -0.39 is 5.60 Å². The van der Waals surface area contributed by atoms with Crippen molar-refractivity contribution in [3.05, 3.63) is 59.8 Å². The molecule has 1 aliphatic rings. The average molecular weight is 512 g/mol. The molecule has 0 bridgehead atoms. The molecule has 10 heteroatoms. The van der Waals surface area contributed by atoms with Gasteiger partial charge >= 0.3 is 12.1 Å². The minimum atomic E-state index is -0.550. The van der Waals surface area contributed by atoms with Crippen molar-refractivity contribution in [2.75, 3.05) is 23.7 Å². The maximum Gasteiger partial charge on any atom is 0.410 e. The molecule has 1 saturated heterocycles. The molecule has 1 atom stereocenters. The molecular weight excluding hydrogens is 482 g/mol. The van der Waals surface area contributed by atoms with Gasteiger partial charge in [0.15, 0.2) is 0 Å². The molecule has 0 saturated carbocycles. The lowest BCUT2D eigenvalue weighted by molar-refractivity contribution is 0.0276. The van der Waals surface area contributed by atoms with Crippen LogP contribution in [0.5, 0.6) is 5.75 Å². The highest BCUT2D eigenvalue weighted by Crippen LogP contribution is 2.34. The lowest BCUT2D eigenvalue weighted by Crippen LogP contribution is -2.36. The number of ether oxygens (including phenoxy) is 2. The third kappa shape index (κ3) is 6.48. The molecule has 4 rings (SSSR count). The van der Waals surface area contributed by atoms with Crippen LogP contribution in [0.15, 0.2) is 54.7 Å². The molecular formula is C26H30ClN5O4. The largest absolute Gasteiger partial charge is 0.488 e. The molecule has 3 aromatic rings. The van der Waals surface area contributed by atoms with E-state index in [0.29, 0.717) is 41.7 Å². The number of benzene rings is 2. The van der Waals surface area contributed by atoms with Crippen LogP contribution in [0.2, 0.25) is 5.02 Å². The van der Waals surface area contributed by atoms with E-state index in [1.165, 1.54) is 0 Å². The summed E-state index contributed by atoms with van der Waals surface area (Å²) in [6.07, 6.45) is 1.86. The first kappa shape index (κ1) is 25.4. The fourth-order valence-electron chi connectivity index (χ4n) is 3.87. The van der Waals surface area contributed by atoms with Crippen molar-refractivity contribution < 1.29 is 19.1 Å². The van der Waals surface area contributed by atoms with Crippen LogP contribution >= 0.6 is 11.6 Å². The fraction of sp³-hybridized carbons (Fsp3) is 0.346. The highest BCUT2D eigenvalue weighted by Gasteiger charge is 2.31. The summed E-state index contributed by atoms with van der Waals surface area (Å²) in [5.74, 6) is 0.637. The lowest BCUT2D eigenvalue weighted by atomic mass is 10.1. The van der Waals surface area contributed by atoms with Gasteiger partial charge in [0.2, 0.25) is 0 Å². The number of nitrogens with one attached hydrogen (secondary N) is 2. The number of carbonyl (C=O) groups is 2. The predicted octanol–water partition coefficient (Wildman–Crippen LogP) is 5.77. The summed E-state index contributed by atoms with van der Waals surface area (Å²) >= 11 is 5.91. The maximum absolute atomic E-state index is 12.5. The van der Waals surface area contributed by atoms with E-state index in [2.05, 4.69) is 15.7 Å². The Morgan fingerprint density at radius 2 is 1.75 bits per heavy atom. The van der Waals surface area contributed by atoms with Crippen molar-refractivity contribution in [1.82, 2.24) is 14.7 Å². The Morgan fingerprint density at radius 3 is 2.42 bits per heavy atom. The first-order chi connectivity index (χ1) is 17.1. The van der Waals surface area contributed by atoms with Crippen LogP contribution in [0.1, 0.15) is 27.2 Å². The van der Waals surface area contributed by atoms with Crippen LogP contribution in [0, 0.1) is 0 Å². The number of hydrogen-bond acceptors (Lipinski definition) is 5. The highest BCUT2D eigenvalue weighted by atomic mass is 35.5. The van der Waals surface area contributed by atoms with Gasteiger partial charge in [-0.25, -0.2) is 9.59 Å². The van der Waals surface area contributed by atoms with Crippen molar-refractivity contribution in [1.29, 1.82) is 0 Å². The minimum absolute atomic E-state index is 0.184. The van der Waals surface area contributed by atoms with E-state index in [1.807, 2.05) is 46.0 Å². The summed E-state index contributed by atoms with van der Waals surface area (Å²) in [5.41, 5.74) is 2.26. The zero-order chi connectivity index (χ0) is 25.9. The van der Waals surface area contributed by atoms with Crippen LogP contribution in [0.4, 0.5) is 21.0 Å². The smallest absolute Gasteiger partial charge is 0.410 e. The van der Waals surface area contributed by atoms with Gasteiger partial charge in [-0.15, -0.1) is 0 Å². The normalized spacial score (nSPS) is 15.5. The Morgan fingerprint density at radius 1 is 1.06 bits per heavy atom. The molecule has 190 valence electrons. The second kappa shape index (κ2) is 10.5. The quantitative estimate of drug-likeness (QED) is 0.453. The molecule has 9 nitrogen and oxygen atoms in total. The van der Waals surface area contributed by atoms with Gasteiger partial charge in [-0.05, 0) is 69.3 Å². The summed E-state index contributed by atoms with van der Waals surface area (Å²) in [5, 5.41) is 10.5. The molecule has 36 heavy (non-hydrogen) atoms. The number of amides is 3. The van der Waals surface area contributed by atoms with Crippen molar-refractivity contribution in [3.8, 4) is 17.0 Å². The predicted molar refractivity (Wildman–Crippen MR) is 140 cm³/mol. The van der Waals surface area contributed by atoms with E-state index in [-0.39, 0.29) is 18.2 Å². The number of carbonyl (C=O) groups excluding carboxylic acids is 2. The lowest BCUT2D eigenvalue weighted by Gasteiger charge is -2.24. The first-order valence-corrected chi connectivity index (χ1v) is 12.1. The third-order valence-electron chi connectivity index (χ3n) is 5.53. The second-order valence-electron chi connectivity index (χ2n) is 9.59. The van der Waals surface area contributed by atoms with E-state index in [4.69, 9.17) is 21.1 Å². The Hall–Kier alpha value is -3.72. The van der Waals surface area contributed by atoms with Crippen LogP contribution in [-0.2, 0) is 11.8 Å². The second-order valence-corrected chi connectivity index (χ2v) is 10.0. The van der Waals surface area contributed by atoms with E-state index in [1.54, 1.807) is 46.1 Å². The van der Waals surface area contributed by atoms with Crippen LogP contribution in [-0.4, -0.2) is 51.6 Å². The summed E-state index contributed by atoms with van der Waals surface area (Å²) in [6, 6.07) is 13.8. The molecule has 0 radical (unpaired) electrons. The Kier molecular flexibility index (Phi) is 7.40. The number of urea groups is 1. The van der Waals surface area contributed by atoms with Crippen molar-refractivity contribution in [2.24, 2.45) is 7.05 Å². The zero-order valence-electron chi connectivity index (χ0n) is 20.7. The summed E-state index contributed by atoms with van der Waals surface area (Å²) in [7, 11) is 1.84. The van der Waals surface area contributed by atoms with Crippen molar-refractivity contribution in [2.45, 2.75) is 38.9 Å². The molecule has 1 aromatic heterocycles. The molecule has 2 heterocycles. The third-order valence-corrected chi connectivity index (χ3v) is 5.78. The number of likely N-dealkylation sites (tertiary alicyclic amines) is 1. The van der Waals surface area contributed by atoms with Gasteiger partial charge in [-0.3, -0.25) is 4.68 Å². The van der Waals surface area contributed by atoms with Gasteiger partial charge in [-0.2, -0.15) is 5.10 Å². The van der Waals surface area contributed by atoms with E-state index in [9.17, 15) is 9.59 Å². The minimum Gasteiger partial charge on any atom is -0.488 e. The molecule has 0 unspecified atom stereocenters. The van der Waals surface area contributed by atoms with Crippen LogP contribution in [0.25, 0.3) is 11.3 Å². The van der Waals surface area contributed by atoms with Crippen LogP contribution < -0.4 is 15.4 Å². The van der Waals surface area contributed by atoms with E-state index in [0.717, 1.165) is 11.3 Å².